The zero-order chi connectivity index (χ0) is 8.15. The van der Waals surface area contributed by atoms with Gasteiger partial charge in [0.05, 0.1) is 6.10 Å². The van der Waals surface area contributed by atoms with Crippen LogP contribution in [0.2, 0.25) is 0 Å². The van der Waals surface area contributed by atoms with Crippen LogP contribution in [0.5, 0.6) is 0 Å². The lowest BCUT2D eigenvalue weighted by Gasteiger charge is -2.13. The summed E-state index contributed by atoms with van der Waals surface area (Å²) in [6, 6.07) is 0. The molecule has 0 aromatic rings. The SMILES string of the molecule is C=C(N)C(C)CC(O)CC. The second-order valence-corrected chi connectivity index (χ2v) is 2.77. The average molecular weight is 143 g/mol. The molecule has 2 heteroatoms. The van der Waals surface area contributed by atoms with Crippen LogP contribution in [-0.2, 0) is 0 Å². The summed E-state index contributed by atoms with van der Waals surface area (Å²) in [5.74, 6) is 0.231. The Kier molecular flexibility index (Phi) is 4.12. The predicted molar refractivity (Wildman–Crippen MR) is 43.4 cm³/mol. The molecule has 0 aliphatic carbocycles. The molecule has 0 aromatic carbocycles. The summed E-state index contributed by atoms with van der Waals surface area (Å²) in [4.78, 5) is 0. The zero-order valence-corrected chi connectivity index (χ0v) is 6.80. The molecule has 2 unspecified atom stereocenters. The molecule has 0 aromatic heterocycles. The molecule has 2 atom stereocenters. The number of rotatable bonds is 4. The minimum Gasteiger partial charge on any atom is -0.402 e. The van der Waals surface area contributed by atoms with Gasteiger partial charge in [0.15, 0.2) is 0 Å². The van der Waals surface area contributed by atoms with E-state index in [1.54, 1.807) is 0 Å². The van der Waals surface area contributed by atoms with Crippen LogP contribution in [0, 0.1) is 5.92 Å². The number of aliphatic hydroxyl groups is 1. The van der Waals surface area contributed by atoms with Crippen molar-refractivity contribution in [1.29, 1.82) is 0 Å². The van der Waals surface area contributed by atoms with Crippen LogP contribution in [0.15, 0.2) is 12.3 Å². The van der Waals surface area contributed by atoms with Crippen molar-refractivity contribution in [1.82, 2.24) is 0 Å². The summed E-state index contributed by atoms with van der Waals surface area (Å²) in [5, 5.41) is 9.18. The lowest BCUT2D eigenvalue weighted by molar-refractivity contribution is 0.147. The normalized spacial score (nSPS) is 16.3. The highest BCUT2D eigenvalue weighted by molar-refractivity contribution is 4.92. The average Bonchev–Trinajstić information content (AvgIpc) is 1.87. The monoisotopic (exact) mass is 143 g/mol. The van der Waals surface area contributed by atoms with Gasteiger partial charge in [0.1, 0.15) is 0 Å². The standard InChI is InChI=1S/C8H17NO/c1-4-8(10)5-6(2)7(3)9/h6,8,10H,3-5,9H2,1-2H3. The van der Waals surface area contributed by atoms with Gasteiger partial charge in [0.2, 0.25) is 0 Å². The van der Waals surface area contributed by atoms with Gasteiger partial charge < -0.3 is 10.8 Å². The molecule has 0 saturated carbocycles. The maximum Gasteiger partial charge on any atom is 0.0543 e. The van der Waals surface area contributed by atoms with E-state index in [9.17, 15) is 5.11 Å². The van der Waals surface area contributed by atoms with E-state index >= 15 is 0 Å². The number of hydrogen-bond acceptors (Lipinski definition) is 2. The Morgan fingerprint density at radius 3 is 2.50 bits per heavy atom. The Hall–Kier alpha value is -0.500. The molecule has 3 N–H and O–H groups in total. The maximum absolute atomic E-state index is 9.18. The van der Waals surface area contributed by atoms with Crippen LogP contribution in [0.4, 0.5) is 0 Å². The minimum absolute atomic E-state index is 0.227. The summed E-state index contributed by atoms with van der Waals surface area (Å²) >= 11 is 0. The molecule has 0 amide bonds. The first-order valence-electron chi connectivity index (χ1n) is 3.70. The Morgan fingerprint density at radius 2 is 2.20 bits per heavy atom. The van der Waals surface area contributed by atoms with Crippen molar-refractivity contribution in [3.63, 3.8) is 0 Å². The highest BCUT2D eigenvalue weighted by atomic mass is 16.3. The molecular weight excluding hydrogens is 126 g/mol. The number of hydrogen-bond donors (Lipinski definition) is 2. The molecule has 0 spiro atoms. The van der Waals surface area contributed by atoms with E-state index in [4.69, 9.17) is 5.73 Å². The summed E-state index contributed by atoms with van der Waals surface area (Å²) < 4.78 is 0. The Balaban J connectivity index is 3.56. The number of allylic oxidation sites excluding steroid dienone is 1. The Morgan fingerprint density at radius 1 is 1.70 bits per heavy atom. The van der Waals surface area contributed by atoms with E-state index in [0.29, 0.717) is 5.70 Å². The van der Waals surface area contributed by atoms with Crippen molar-refractivity contribution < 1.29 is 5.11 Å². The van der Waals surface area contributed by atoms with E-state index in [1.165, 1.54) is 0 Å². The Labute approximate surface area is 62.7 Å². The third-order valence-electron chi connectivity index (χ3n) is 1.73. The third-order valence-corrected chi connectivity index (χ3v) is 1.73. The van der Waals surface area contributed by atoms with Crippen molar-refractivity contribution >= 4 is 0 Å². The minimum atomic E-state index is -0.227. The van der Waals surface area contributed by atoms with Crippen LogP contribution < -0.4 is 5.73 Å². The zero-order valence-electron chi connectivity index (χ0n) is 6.80. The van der Waals surface area contributed by atoms with Gasteiger partial charge in [-0.1, -0.05) is 20.4 Å². The third kappa shape index (κ3) is 3.51. The van der Waals surface area contributed by atoms with Crippen molar-refractivity contribution in [2.75, 3.05) is 0 Å². The summed E-state index contributed by atoms with van der Waals surface area (Å²) in [6.07, 6.45) is 1.29. The summed E-state index contributed by atoms with van der Waals surface area (Å²) in [7, 11) is 0. The molecule has 0 fully saturated rings. The van der Waals surface area contributed by atoms with Gasteiger partial charge in [-0.05, 0) is 18.8 Å². The van der Waals surface area contributed by atoms with Crippen LogP contribution in [0.25, 0.3) is 0 Å². The smallest absolute Gasteiger partial charge is 0.0543 e. The largest absolute Gasteiger partial charge is 0.402 e. The molecule has 0 aliphatic rings. The van der Waals surface area contributed by atoms with Crippen molar-refractivity contribution in [3.8, 4) is 0 Å². The van der Waals surface area contributed by atoms with Gasteiger partial charge in [0, 0.05) is 5.70 Å². The van der Waals surface area contributed by atoms with Crippen molar-refractivity contribution in [2.45, 2.75) is 32.8 Å². The molecular formula is C8H17NO. The van der Waals surface area contributed by atoms with Gasteiger partial charge in [0.25, 0.3) is 0 Å². The lowest BCUT2D eigenvalue weighted by Crippen LogP contribution is -2.15. The Bertz CT molecular complexity index is 112. The molecule has 0 radical (unpaired) electrons. The van der Waals surface area contributed by atoms with Crippen molar-refractivity contribution in [2.24, 2.45) is 11.7 Å². The highest BCUT2D eigenvalue weighted by Crippen LogP contribution is 2.11. The fourth-order valence-corrected chi connectivity index (χ4v) is 0.726. The molecule has 10 heavy (non-hydrogen) atoms. The van der Waals surface area contributed by atoms with Gasteiger partial charge in [-0.25, -0.2) is 0 Å². The first-order chi connectivity index (χ1) is 4.57. The first-order valence-corrected chi connectivity index (χ1v) is 3.70. The fourth-order valence-electron chi connectivity index (χ4n) is 0.726. The van der Waals surface area contributed by atoms with Gasteiger partial charge in [-0.15, -0.1) is 0 Å². The van der Waals surface area contributed by atoms with Crippen LogP contribution >= 0.6 is 0 Å². The van der Waals surface area contributed by atoms with E-state index in [2.05, 4.69) is 6.58 Å². The molecule has 0 saturated heterocycles. The lowest BCUT2D eigenvalue weighted by atomic mass is 10.00. The maximum atomic E-state index is 9.18. The molecule has 2 nitrogen and oxygen atoms in total. The van der Waals surface area contributed by atoms with E-state index in [0.717, 1.165) is 12.8 Å². The first kappa shape index (κ1) is 9.50. The van der Waals surface area contributed by atoms with Crippen LogP contribution in [0.1, 0.15) is 26.7 Å². The van der Waals surface area contributed by atoms with Gasteiger partial charge >= 0.3 is 0 Å². The quantitative estimate of drug-likeness (QED) is 0.622. The second kappa shape index (κ2) is 4.34. The number of nitrogens with two attached hydrogens (primary N) is 1. The molecule has 0 bridgehead atoms. The highest BCUT2D eigenvalue weighted by Gasteiger charge is 2.08. The molecule has 0 heterocycles. The molecule has 0 rings (SSSR count). The molecule has 60 valence electrons. The second-order valence-electron chi connectivity index (χ2n) is 2.77. The summed E-state index contributed by atoms with van der Waals surface area (Å²) in [6.45, 7) is 7.54. The van der Waals surface area contributed by atoms with E-state index in [1.807, 2.05) is 13.8 Å². The topological polar surface area (TPSA) is 46.2 Å². The molecule has 0 aliphatic heterocycles. The van der Waals surface area contributed by atoms with Crippen molar-refractivity contribution in [3.05, 3.63) is 12.3 Å². The van der Waals surface area contributed by atoms with E-state index < -0.39 is 0 Å². The van der Waals surface area contributed by atoms with Crippen LogP contribution in [0.3, 0.4) is 0 Å². The fraction of sp³-hybridized carbons (Fsp3) is 0.750. The van der Waals surface area contributed by atoms with Gasteiger partial charge in [-0.3, -0.25) is 0 Å². The van der Waals surface area contributed by atoms with Gasteiger partial charge in [-0.2, -0.15) is 0 Å². The predicted octanol–water partition coefficient (Wildman–Crippen LogP) is 1.26. The van der Waals surface area contributed by atoms with Crippen LogP contribution in [-0.4, -0.2) is 11.2 Å². The van der Waals surface area contributed by atoms with E-state index in [-0.39, 0.29) is 12.0 Å². The number of aliphatic hydroxyl groups excluding tert-OH is 1. The summed E-state index contributed by atoms with van der Waals surface area (Å²) in [5.41, 5.74) is 6.09.